The van der Waals surface area contributed by atoms with E-state index in [9.17, 15) is 9.59 Å². The maximum absolute atomic E-state index is 12.3. The summed E-state index contributed by atoms with van der Waals surface area (Å²) in [4.78, 5) is 28.9. The van der Waals surface area contributed by atoms with Crippen LogP contribution in [0.5, 0.6) is 0 Å². The van der Waals surface area contributed by atoms with Crippen molar-refractivity contribution in [3.05, 3.63) is 83.4 Å². The summed E-state index contributed by atoms with van der Waals surface area (Å²) in [5.41, 5.74) is 2.57. The lowest BCUT2D eigenvalue weighted by Gasteiger charge is -2.32. The number of para-hydroxylation sites is 2. The Morgan fingerprint density at radius 2 is 1.55 bits per heavy atom. The third-order valence-electron chi connectivity index (χ3n) is 4.58. The van der Waals surface area contributed by atoms with Gasteiger partial charge < -0.3 is 9.64 Å². The van der Waals surface area contributed by atoms with Crippen molar-refractivity contribution in [2.75, 3.05) is 18.1 Å². The van der Waals surface area contributed by atoms with Gasteiger partial charge in [-0.15, -0.1) is 0 Å². The van der Waals surface area contributed by atoms with E-state index in [1.54, 1.807) is 36.0 Å². The highest BCUT2D eigenvalue weighted by atomic mass is 35.5. The predicted molar refractivity (Wildman–Crippen MR) is 115 cm³/mol. The number of Topliss-reactive ketones (excluding diaryl/α,β-unsaturated/α-hetero) is 1. The van der Waals surface area contributed by atoms with E-state index >= 15 is 0 Å². The molecule has 1 aliphatic rings. The number of carbonyl (C=O) groups excluding carboxylic acids is 2. The zero-order chi connectivity index (χ0) is 20.2. The summed E-state index contributed by atoms with van der Waals surface area (Å²) in [7, 11) is 0. The van der Waals surface area contributed by atoms with Crippen molar-refractivity contribution >= 4 is 46.5 Å². The summed E-state index contributed by atoms with van der Waals surface area (Å²) >= 11 is 7.62. The summed E-state index contributed by atoms with van der Waals surface area (Å²) in [6, 6.07) is 22.8. The minimum atomic E-state index is -0.409. The average molecular weight is 424 g/mol. The van der Waals surface area contributed by atoms with Gasteiger partial charge in [-0.05, 0) is 36.4 Å². The molecular formula is C23H18ClNO3S. The van der Waals surface area contributed by atoms with E-state index in [2.05, 4.69) is 17.0 Å². The molecule has 0 saturated carbocycles. The van der Waals surface area contributed by atoms with Gasteiger partial charge in [0, 0.05) is 26.9 Å². The van der Waals surface area contributed by atoms with E-state index in [4.69, 9.17) is 16.3 Å². The monoisotopic (exact) mass is 423 g/mol. The van der Waals surface area contributed by atoms with Gasteiger partial charge >= 0.3 is 5.97 Å². The van der Waals surface area contributed by atoms with Crippen LogP contribution in [0.2, 0.25) is 5.02 Å². The summed E-state index contributed by atoms with van der Waals surface area (Å²) in [6.07, 6.45) is 0.177. The average Bonchev–Trinajstić information content (AvgIpc) is 2.75. The standard InChI is InChI=1S/C23H18ClNO3S/c24-17-7-5-6-16(14-17)20(26)15-28-23(27)12-13-25-18-8-1-3-10-21(18)29-22-11-4-2-9-19(22)25/h1-11,14H,12-13,15H2. The van der Waals surface area contributed by atoms with E-state index in [1.807, 2.05) is 36.4 Å². The first-order valence-electron chi connectivity index (χ1n) is 9.19. The number of ketones is 1. The van der Waals surface area contributed by atoms with E-state index < -0.39 is 5.97 Å². The fourth-order valence-electron chi connectivity index (χ4n) is 3.19. The van der Waals surface area contributed by atoms with Gasteiger partial charge in [-0.1, -0.05) is 59.8 Å². The molecule has 1 aliphatic heterocycles. The van der Waals surface area contributed by atoms with Gasteiger partial charge in [0.05, 0.1) is 17.8 Å². The van der Waals surface area contributed by atoms with Gasteiger partial charge in [0.2, 0.25) is 0 Å². The molecule has 146 valence electrons. The number of benzene rings is 3. The van der Waals surface area contributed by atoms with E-state index in [-0.39, 0.29) is 18.8 Å². The number of halogens is 1. The fourth-order valence-corrected chi connectivity index (χ4v) is 4.47. The summed E-state index contributed by atoms with van der Waals surface area (Å²) < 4.78 is 5.20. The number of carbonyl (C=O) groups is 2. The van der Waals surface area contributed by atoms with Crippen LogP contribution in [0, 0.1) is 0 Å². The van der Waals surface area contributed by atoms with Crippen molar-refractivity contribution in [1.82, 2.24) is 0 Å². The second kappa shape index (κ2) is 8.72. The Morgan fingerprint density at radius 1 is 0.897 bits per heavy atom. The Bertz CT molecular complexity index is 1020. The lowest BCUT2D eigenvalue weighted by atomic mass is 10.1. The Labute approximate surface area is 178 Å². The van der Waals surface area contributed by atoms with Gasteiger partial charge in [0.25, 0.3) is 0 Å². The lowest BCUT2D eigenvalue weighted by molar-refractivity contribution is -0.142. The third kappa shape index (κ3) is 4.47. The van der Waals surface area contributed by atoms with Crippen molar-refractivity contribution in [3.63, 3.8) is 0 Å². The summed E-state index contributed by atoms with van der Waals surface area (Å²) in [5.74, 6) is -0.681. The van der Waals surface area contributed by atoms with Gasteiger partial charge in [0.1, 0.15) is 0 Å². The smallest absolute Gasteiger partial charge is 0.308 e. The number of ether oxygens (including phenoxy) is 1. The molecule has 0 radical (unpaired) electrons. The minimum Gasteiger partial charge on any atom is -0.457 e. The lowest BCUT2D eigenvalue weighted by Crippen LogP contribution is -2.25. The van der Waals surface area contributed by atoms with Crippen LogP contribution in [0.15, 0.2) is 82.6 Å². The van der Waals surface area contributed by atoms with Crippen LogP contribution in [0.25, 0.3) is 0 Å². The maximum atomic E-state index is 12.3. The minimum absolute atomic E-state index is 0.177. The molecule has 3 aromatic rings. The zero-order valence-electron chi connectivity index (χ0n) is 15.5. The van der Waals surface area contributed by atoms with Gasteiger partial charge in [0.15, 0.2) is 12.4 Å². The molecule has 0 spiro atoms. The molecule has 0 saturated heterocycles. The molecule has 0 amide bonds. The molecule has 3 aromatic carbocycles. The summed E-state index contributed by atoms with van der Waals surface area (Å²) in [6.45, 7) is 0.182. The molecule has 0 aromatic heterocycles. The molecule has 4 rings (SSSR count). The third-order valence-corrected chi connectivity index (χ3v) is 5.95. The maximum Gasteiger partial charge on any atom is 0.308 e. The van der Waals surface area contributed by atoms with E-state index in [0.29, 0.717) is 17.1 Å². The number of hydrogen-bond donors (Lipinski definition) is 0. The number of anilines is 2. The SMILES string of the molecule is O=C(CCN1c2ccccc2Sc2ccccc21)OCC(=O)c1cccc(Cl)c1. The molecule has 0 aliphatic carbocycles. The summed E-state index contributed by atoms with van der Waals surface area (Å²) in [5, 5.41) is 0.475. The molecule has 0 unspecified atom stereocenters. The molecule has 1 heterocycles. The molecule has 0 fully saturated rings. The Kier molecular flexibility index (Phi) is 5.88. The zero-order valence-corrected chi connectivity index (χ0v) is 17.1. The molecule has 4 nitrogen and oxygen atoms in total. The molecule has 29 heavy (non-hydrogen) atoms. The van der Waals surface area contributed by atoms with E-state index in [1.165, 1.54) is 0 Å². The first kappa shape index (κ1) is 19.6. The van der Waals surface area contributed by atoms with Crippen LogP contribution in [0.1, 0.15) is 16.8 Å². The largest absolute Gasteiger partial charge is 0.457 e. The van der Waals surface area contributed by atoms with Crippen molar-refractivity contribution in [3.8, 4) is 0 Å². The Morgan fingerprint density at radius 3 is 2.21 bits per heavy atom. The predicted octanol–water partition coefficient (Wildman–Crippen LogP) is 5.76. The highest BCUT2D eigenvalue weighted by Gasteiger charge is 2.23. The van der Waals surface area contributed by atoms with Crippen LogP contribution in [-0.4, -0.2) is 24.9 Å². The number of esters is 1. The Hall–Kier alpha value is -2.76. The van der Waals surface area contributed by atoms with Crippen molar-refractivity contribution in [2.24, 2.45) is 0 Å². The molecule has 6 heteroatoms. The normalized spacial score (nSPS) is 12.1. The van der Waals surface area contributed by atoms with E-state index in [0.717, 1.165) is 21.2 Å². The topological polar surface area (TPSA) is 46.6 Å². The van der Waals surface area contributed by atoms with Crippen LogP contribution in [0.3, 0.4) is 0 Å². The molecular weight excluding hydrogens is 406 g/mol. The second-order valence-electron chi connectivity index (χ2n) is 6.53. The van der Waals surface area contributed by atoms with Crippen molar-refractivity contribution in [2.45, 2.75) is 16.2 Å². The number of rotatable bonds is 6. The number of fused-ring (bicyclic) bond motifs is 2. The first-order chi connectivity index (χ1) is 14.1. The van der Waals surface area contributed by atoms with Crippen molar-refractivity contribution < 1.29 is 14.3 Å². The van der Waals surface area contributed by atoms with Crippen LogP contribution in [-0.2, 0) is 9.53 Å². The first-order valence-corrected chi connectivity index (χ1v) is 10.4. The van der Waals surface area contributed by atoms with Gasteiger partial charge in [-0.3, -0.25) is 9.59 Å². The number of hydrogen-bond acceptors (Lipinski definition) is 5. The Balaban J connectivity index is 1.40. The molecule has 0 atom stereocenters. The van der Waals surface area contributed by atoms with Gasteiger partial charge in [-0.2, -0.15) is 0 Å². The van der Waals surface area contributed by atoms with Crippen LogP contribution in [0.4, 0.5) is 11.4 Å². The highest BCUT2D eigenvalue weighted by Crippen LogP contribution is 2.47. The van der Waals surface area contributed by atoms with Crippen LogP contribution >= 0.6 is 23.4 Å². The second-order valence-corrected chi connectivity index (χ2v) is 8.05. The van der Waals surface area contributed by atoms with Gasteiger partial charge in [-0.25, -0.2) is 0 Å². The highest BCUT2D eigenvalue weighted by molar-refractivity contribution is 7.99. The number of nitrogens with zero attached hydrogens (tertiary/aromatic N) is 1. The molecule has 0 N–H and O–H groups in total. The fraction of sp³-hybridized carbons (Fsp3) is 0.130. The van der Waals surface area contributed by atoms with Crippen molar-refractivity contribution in [1.29, 1.82) is 0 Å². The van der Waals surface area contributed by atoms with Crippen LogP contribution < -0.4 is 4.90 Å². The molecule has 0 bridgehead atoms. The quantitative estimate of drug-likeness (QED) is 0.372.